The minimum absolute atomic E-state index is 0.241. The van der Waals surface area contributed by atoms with E-state index in [1.54, 1.807) is 20.8 Å². The number of phenolic OH excluding ortho intramolecular Hbond substituents is 2. The van der Waals surface area contributed by atoms with Gasteiger partial charge in [-0.15, -0.1) is 0 Å². The number of benzene rings is 1. The monoisotopic (exact) mass is 246 g/mol. The van der Waals surface area contributed by atoms with Crippen LogP contribution >= 0.6 is 0 Å². The predicted molar refractivity (Wildman–Crippen MR) is 58.3 cm³/mol. The standard InChI is InChI=1S/C10H14O5S/c1-10(2,3)6-4-5-7(11)8(12)9(6)16(13,14)15/h4-5,11-12H,1-3H3,(H,13,14,15). The van der Waals surface area contributed by atoms with E-state index < -0.39 is 31.9 Å². The molecule has 0 saturated heterocycles. The molecule has 0 aliphatic carbocycles. The quantitative estimate of drug-likeness (QED) is 0.517. The van der Waals surface area contributed by atoms with Crippen LogP contribution in [0.5, 0.6) is 11.5 Å². The Bertz CT molecular complexity index is 511. The first-order valence-electron chi connectivity index (χ1n) is 4.58. The van der Waals surface area contributed by atoms with Crippen LogP contribution in [-0.2, 0) is 15.5 Å². The summed E-state index contributed by atoms with van der Waals surface area (Å²) in [5.41, 5.74) is -0.346. The van der Waals surface area contributed by atoms with Crippen molar-refractivity contribution in [2.75, 3.05) is 0 Å². The summed E-state index contributed by atoms with van der Waals surface area (Å²) in [4.78, 5) is -0.639. The van der Waals surface area contributed by atoms with Gasteiger partial charge in [-0.25, -0.2) is 0 Å². The molecule has 0 aliphatic rings. The van der Waals surface area contributed by atoms with E-state index in [2.05, 4.69) is 0 Å². The van der Waals surface area contributed by atoms with Gasteiger partial charge in [0.1, 0.15) is 4.90 Å². The van der Waals surface area contributed by atoms with Crippen molar-refractivity contribution in [1.29, 1.82) is 0 Å². The molecule has 0 aliphatic heterocycles. The summed E-state index contributed by atoms with van der Waals surface area (Å²) in [6, 6.07) is 2.54. The van der Waals surface area contributed by atoms with Crippen molar-refractivity contribution in [3.8, 4) is 11.5 Å². The fourth-order valence-corrected chi connectivity index (χ4v) is 2.41. The van der Waals surface area contributed by atoms with Crippen LogP contribution in [0.25, 0.3) is 0 Å². The first-order valence-corrected chi connectivity index (χ1v) is 6.02. The van der Waals surface area contributed by atoms with Crippen molar-refractivity contribution in [3.05, 3.63) is 17.7 Å². The summed E-state index contributed by atoms with van der Waals surface area (Å²) < 4.78 is 31.4. The number of rotatable bonds is 1. The molecule has 0 radical (unpaired) electrons. The van der Waals surface area contributed by atoms with Gasteiger partial charge < -0.3 is 10.2 Å². The minimum atomic E-state index is -4.58. The molecule has 6 heteroatoms. The van der Waals surface area contributed by atoms with Crippen LogP contribution < -0.4 is 0 Å². The van der Waals surface area contributed by atoms with Crippen LogP contribution in [0.3, 0.4) is 0 Å². The molecular formula is C10H14O5S. The van der Waals surface area contributed by atoms with Gasteiger partial charge in [0.15, 0.2) is 11.5 Å². The maximum Gasteiger partial charge on any atom is 0.298 e. The van der Waals surface area contributed by atoms with E-state index in [9.17, 15) is 18.6 Å². The van der Waals surface area contributed by atoms with Crippen LogP contribution in [0.2, 0.25) is 0 Å². The van der Waals surface area contributed by atoms with Gasteiger partial charge in [-0.05, 0) is 17.0 Å². The van der Waals surface area contributed by atoms with Crippen molar-refractivity contribution < 1.29 is 23.2 Å². The summed E-state index contributed by atoms with van der Waals surface area (Å²) in [6.07, 6.45) is 0. The highest BCUT2D eigenvalue weighted by molar-refractivity contribution is 7.86. The van der Waals surface area contributed by atoms with Crippen LogP contribution in [0.15, 0.2) is 17.0 Å². The Morgan fingerprint density at radius 2 is 1.62 bits per heavy atom. The van der Waals surface area contributed by atoms with E-state index in [1.165, 1.54) is 12.1 Å². The predicted octanol–water partition coefficient (Wildman–Crippen LogP) is 1.64. The van der Waals surface area contributed by atoms with Gasteiger partial charge in [-0.1, -0.05) is 26.8 Å². The SMILES string of the molecule is CC(C)(C)c1ccc(O)c(O)c1S(=O)(=O)O. The third-order valence-corrected chi connectivity index (χ3v) is 3.11. The Labute approximate surface area is 94.1 Å². The van der Waals surface area contributed by atoms with Crippen molar-refractivity contribution in [3.63, 3.8) is 0 Å². The van der Waals surface area contributed by atoms with E-state index in [1.807, 2.05) is 0 Å². The molecule has 0 atom stereocenters. The molecule has 0 fully saturated rings. The van der Waals surface area contributed by atoms with Gasteiger partial charge >= 0.3 is 0 Å². The normalized spacial score (nSPS) is 12.8. The molecule has 16 heavy (non-hydrogen) atoms. The average molecular weight is 246 g/mol. The second-order valence-electron chi connectivity index (χ2n) is 4.54. The molecule has 1 aromatic rings. The third kappa shape index (κ3) is 2.28. The molecule has 1 aromatic carbocycles. The molecule has 3 N–H and O–H groups in total. The largest absolute Gasteiger partial charge is 0.504 e. The van der Waals surface area contributed by atoms with Crippen molar-refractivity contribution in [2.45, 2.75) is 31.1 Å². The highest BCUT2D eigenvalue weighted by atomic mass is 32.2. The van der Waals surface area contributed by atoms with E-state index in [0.717, 1.165) is 0 Å². The summed E-state index contributed by atoms with van der Waals surface area (Å²) in [7, 11) is -4.58. The van der Waals surface area contributed by atoms with Gasteiger partial charge in [0, 0.05) is 0 Å². The summed E-state index contributed by atoms with van der Waals surface area (Å²) >= 11 is 0. The Morgan fingerprint density at radius 3 is 2.00 bits per heavy atom. The zero-order valence-corrected chi connectivity index (χ0v) is 10.0. The van der Waals surface area contributed by atoms with E-state index in [0.29, 0.717) is 0 Å². The summed E-state index contributed by atoms with van der Waals surface area (Å²) in [5.74, 6) is -1.41. The van der Waals surface area contributed by atoms with Crippen molar-refractivity contribution >= 4 is 10.1 Å². The van der Waals surface area contributed by atoms with Gasteiger partial charge in [-0.2, -0.15) is 8.42 Å². The fraction of sp³-hybridized carbons (Fsp3) is 0.400. The zero-order chi connectivity index (χ0) is 12.7. The van der Waals surface area contributed by atoms with Crippen LogP contribution in [0.4, 0.5) is 0 Å². The number of hydrogen-bond acceptors (Lipinski definition) is 4. The molecular weight excluding hydrogens is 232 g/mol. The molecule has 0 heterocycles. The van der Waals surface area contributed by atoms with Crippen molar-refractivity contribution in [1.82, 2.24) is 0 Å². The first-order chi connectivity index (χ1) is 7.05. The zero-order valence-electron chi connectivity index (χ0n) is 9.22. The lowest BCUT2D eigenvalue weighted by atomic mass is 9.87. The molecule has 0 aromatic heterocycles. The molecule has 5 nitrogen and oxygen atoms in total. The number of phenols is 2. The highest BCUT2D eigenvalue weighted by Crippen LogP contribution is 2.39. The molecule has 0 amide bonds. The van der Waals surface area contributed by atoms with Crippen LogP contribution in [0, 0.1) is 0 Å². The first kappa shape index (κ1) is 12.8. The van der Waals surface area contributed by atoms with E-state index in [4.69, 9.17) is 4.55 Å². The lowest BCUT2D eigenvalue weighted by molar-refractivity contribution is 0.383. The van der Waals surface area contributed by atoms with Crippen LogP contribution in [-0.4, -0.2) is 23.2 Å². The molecule has 1 rings (SSSR count). The summed E-state index contributed by atoms with van der Waals surface area (Å²) in [5, 5.41) is 18.7. The van der Waals surface area contributed by atoms with Gasteiger partial charge in [0.25, 0.3) is 10.1 Å². The number of aromatic hydroxyl groups is 2. The van der Waals surface area contributed by atoms with Gasteiger partial charge in [-0.3, -0.25) is 4.55 Å². The Hall–Kier alpha value is -1.27. The highest BCUT2D eigenvalue weighted by Gasteiger charge is 2.29. The van der Waals surface area contributed by atoms with Crippen LogP contribution in [0.1, 0.15) is 26.3 Å². The van der Waals surface area contributed by atoms with E-state index >= 15 is 0 Å². The molecule has 0 unspecified atom stereocenters. The average Bonchev–Trinajstić information content (AvgIpc) is 2.05. The van der Waals surface area contributed by atoms with Gasteiger partial charge in [0.05, 0.1) is 0 Å². The maximum atomic E-state index is 11.2. The Balaban J connectivity index is 3.73. The molecule has 0 spiro atoms. The van der Waals surface area contributed by atoms with E-state index in [-0.39, 0.29) is 5.56 Å². The third-order valence-electron chi connectivity index (χ3n) is 2.18. The second kappa shape index (κ2) is 3.64. The van der Waals surface area contributed by atoms with Gasteiger partial charge in [0.2, 0.25) is 0 Å². The molecule has 90 valence electrons. The fourth-order valence-electron chi connectivity index (χ4n) is 1.41. The Kier molecular flexibility index (Phi) is 2.91. The summed E-state index contributed by atoms with van der Waals surface area (Å²) in [6.45, 7) is 5.19. The molecule has 0 bridgehead atoms. The lowest BCUT2D eigenvalue weighted by Crippen LogP contribution is -2.16. The molecule has 0 saturated carbocycles. The Morgan fingerprint density at radius 1 is 1.12 bits per heavy atom. The maximum absolute atomic E-state index is 11.2. The minimum Gasteiger partial charge on any atom is -0.504 e. The number of hydrogen-bond donors (Lipinski definition) is 3. The van der Waals surface area contributed by atoms with Crippen molar-refractivity contribution in [2.24, 2.45) is 0 Å². The lowest BCUT2D eigenvalue weighted by Gasteiger charge is -2.22. The smallest absolute Gasteiger partial charge is 0.298 e. The topological polar surface area (TPSA) is 94.8 Å². The second-order valence-corrected chi connectivity index (χ2v) is 5.89.